The number of carbonyl (C=O) groups excluding carboxylic acids is 1. The summed E-state index contributed by atoms with van der Waals surface area (Å²) in [4.78, 5) is 22.5. The van der Waals surface area contributed by atoms with Gasteiger partial charge in [-0.05, 0) is 24.5 Å². The second-order valence-corrected chi connectivity index (χ2v) is 5.78. The van der Waals surface area contributed by atoms with E-state index in [9.17, 15) is 18.0 Å². The number of fused-ring (bicyclic) bond motifs is 1. The Morgan fingerprint density at radius 3 is 2.58 bits per heavy atom. The molecule has 0 aliphatic carbocycles. The van der Waals surface area contributed by atoms with Gasteiger partial charge in [0.2, 0.25) is 0 Å². The van der Waals surface area contributed by atoms with Crippen LogP contribution in [0, 0.1) is 0 Å². The largest absolute Gasteiger partial charge is 0.478 e. The molecule has 1 heterocycles. The van der Waals surface area contributed by atoms with Gasteiger partial charge in [-0.3, -0.25) is 4.79 Å². The average molecular weight is 285 g/mol. The van der Waals surface area contributed by atoms with Crippen molar-refractivity contribution in [1.29, 1.82) is 0 Å². The summed E-state index contributed by atoms with van der Waals surface area (Å²) >= 11 is 0. The van der Waals surface area contributed by atoms with Gasteiger partial charge in [0.1, 0.15) is 0 Å². The number of carbonyl (C=O) groups is 2. The number of aryl methyl sites for hydroxylation is 1. The zero-order valence-electron chi connectivity index (χ0n) is 9.75. The number of carboxylic acids is 1. The maximum atomic E-state index is 11.6. The van der Waals surface area contributed by atoms with Gasteiger partial charge in [-0.15, -0.1) is 0 Å². The van der Waals surface area contributed by atoms with Crippen LogP contribution in [-0.4, -0.2) is 31.2 Å². The predicted molar refractivity (Wildman–Crippen MR) is 64.7 cm³/mol. The van der Waals surface area contributed by atoms with Crippen LogP contribution in [0.4, 0.5) is 0 Å². The number of aromatic carboxylic acids is 1. The lowest BCUT2D eigenvalue weighted by Gasteiger charge is -2.12. The van der Waals surface area contributed by atoms with Crippen LogP contribution in [0.1, 0.15) is 32.7 Å². The third kappa shape index (κ3) is 2.53. The highest BCUT2D eigenvalue weighted by molar-refractivity contribution is 7.87. The Kier molecular flexibility index (Phi) is 3.19. The van der Waals surface area contributed by atoms with Crippen molar-refractivity contribution < 1.29 is 27.3 Å². The van der Waals surface area contributed by atoms with Crippen LogP contribution in [-0.2, 0) is 16.5 Å². The normalized spacial score (nSPS) is 16.8. The van der Waals surface area contributed by atoms with E-state index >= 15 is 0 Å². The molecule has 3 N–H and O–H groups in total. The summed E-state index contributed by atoms with van der Waals surface area (Å²) < 4.78 is 28.0. The maximum Gasteiger partial charge on any atom is 0.336 e. The van der Waals surface area contributed by atoms with Gasteiger partial charge in [-0.25, -0.2) is 4.79 Å². The molecule has 0 fully saturated rings. The van der Waals surface area contributed by atoms with Gasteiger partial charge >= 0.3 is 16.1 Å². The number of hydrogen-bond donors (Lipinski definition) is 2. The van der Waals surface area contributed by atoms with Gasteiger partial charge in [-0.2, -0.15) is 8.42 Å². The van der Waals surface area contributed by atoms with Crippen molar-refractivity contribution in [2.75, 3.05) is 5.75 Å². The summed E-state index contributed by atoms with van der Waals surface area (Å²) in [5.41, 5.74) is 4.82. The van der Waals surface area contributed by atoms with Crippen LogP contribution < -0.4 is 9.92 Å². The standard InChI is InChI=1S/C11H11NO6S/c12-10(13)8-7(11(14)15)4-3-6-2-1-5-19(16,17)18-9(6)8/h3-4H,1-2,5H2,(H2,12,13)(H,14,15). The van der Waals surface area contributed by atoms with Crippen molar-refractivity contribution in [3.05, 3.63) is 28.8 Å². The van der Waals surface area contributed by atoms with Gasteiger partial charge in [0.05, 0.1) is 16.9 Å². The molecule has 0 saturated carbocycles. The van der Waals surface area contributed by atoms with Crippen molar-refractivity contribution in [3.8, 4) is 5.75 Å². The molecule has 7 nitrogen and oxygen atoms in total. The molecule has 0 saturated heterocycles. The Morgan fingerprint density at radius 1 is 1.32 bits per heavy atom. The van der Waals surface area contributed by atoms with Crippen molar-refractivity contribution in [3.63, 3.8) is 0 Å². The highest BCUT2D eigenvalue weighted by atomic mass is 32.2. The molecule has 1 aliphatic heterocycles. The van der Waals surface area contributed by atoms with Crippen molar-refractivity contribution >= 4 is 22.0 Å². The molecule has 1 amide bonds. The Labute approximate surface area is 109 Å². The highest BCUT2D eigenvalue weighted by Crippen LogP contribution is 2.32. The molecular formula is C11H11NO6S. The molecule has 0 unspecified atom stereocenters. The number of benzene rings is 1. The van der Waals surface area contributed by atoms with E-state index in [2.05, 4.69) is 0 Å². The second-order valence-electron chi connectivity index (χ2n) is 4.09. The first-order chi connectivity index (χ1) is 8.82. The van der Waals surface area contributed by atoms with Crippen molar-refractivity contribution in [2.45, 2.75) is 12.8 Å². The Bertz CT molecular complexity index is 664. The lowest BCUT2D eigenvalue weighted by Crippen LogP contribution is -2.20. The van der Waals surface area contributed by atoms with Gasteiger partial charge < -0.3 is 15.0 Å². The molecule has 0 aromatic heterocycles. The fourth-order valence-corrected chi connectivity index (χ4v) is 2.97. The van der Waals surface area contributed by atoms with E-state index in [1.807, 2.05) is 0 Å². The predicted octanol–water partition coefficient (Wildman–Crippen LogP) is 0.138. The minimum Gasteiger partial charge on any atom is -0.478 e. The number of nitrogens with two attached hydrogens (primary N) is 1. The van der Waals surface area contributed by atoms with Gasteiger partial charge in [-0.1, -0.05) is 6.07 Å². The maximum absolute atomic E-state index is 11.6. The third-order valence-electron chi connectivity index (χ3n) is 2.77. The van der Waals surface area contributed by atoms with Crippen LogP contribution in [0.5, 0.6) is 5.75 Å². The molecular weight excluding hydrogens is 274 g/mol. The average Bonchev–Trinajstić information content (AvgIpc) is 2.43. The molecule has 102 valence electrons. The summed E-state index contributed by atoms with van der Waals surface area (Å²) in [6, 6.07) is 2.66. The first-order valence-electron chi connectivity index (χ1n) is 5.43. The summed E-state index contributed by atoms with van der Waals surface area (Å²) in [7, 11) is -3.83. The minimum atomic E-state index is -3.83. The van der Waals surface area contributed by atoms with E-state index in [1.54, 1.807) is 0 Å². The molecule has 1 aromatic rings. The lowest BCUT2D eigenvalue weighted by atomic mass is 9.99. The molecule has 1 aromatic carbocycles. The van der Waals surface area contributed by atoms with Crippen molar-refractivity contribution in [2.24, 2.45) is 5.73 Å². The molecule has 0 atom stereocenters. The van der Waals surface area contributed by atoms with Crippen LogP contribution in [0.15, 0.2) is 12.1 Å². The molecule has 0 radical (unpaired) electrons. The zero-order chi connectivity index (χ0) is 14.2. The fourth-order valence-electron chi connectivity index (χ4n) is 1.95. The quantitative estimate of drug-likeness (QED) is 0.745. The number of carboxylic acid groups (broad SMARTS) is 1. The Morgan fingerprint density at radius 2 is 2.00 bits per heavy atom. The summed E-state index contributed by atoms with van der Waals surface area (Å²) in [6.45, 7) is 0. The topological polar surface area (TPSA) is 124 Å². The van der Waals surface area contributed by atoms with Crippen LogP contribution in [0.3, 0.4) is 0 Å². The monoisotopic (exact) mass is 285 g/mol. The van der Waals surface area contributed by atoms with Crippen LogP contribution >= 0.6 is 0 Å². The SMILES string of the molecule is NC(=O)c1c(C(=O)O)ccc2c1OS(=O)(=O)CCC2. The van der Waals surface area contributed by atoms with E-state index < -0.39 is 27.6 Å². The molecule has 0 bridgehead atoms. The minimum absolute atomic E-state index is 0.192. The number of rotatable bonds is 2. The first kappa shape index (κ1) is 13.3. The van der Waals surface area contributed by atoms with Crippen LogP contribution in [0.2, 0.25) is 0 Å². The van der Waals surface area contributed by atoms with E-state index in [1.165, 1.54) is 12.1 Å². The zero-order valence-corrected chi connectivity index (χ0v) is 10.6. The Hall–Kier alpha value is -2.09. The second kappa shape index (κ2) is 4.54. The number of amides is 1. The molecule has 2 rings (SSSR count). The van der Waals surface area contributed by atoms with Gasteiger partial charge in [0.25, 0.3) is 5.91 Å². The molecule has 8 heteroatoms. The molecule has 1 aliphatic rings. The van der Waals surface area contributed by atoms with Crippen LogP contribution in [0.25, 0.3) is 0 Å². The smallest absolute Gasteiger partial charge is 0.336 e. The van der Waals surface area contributed by atoms with E-state index in [0.29, 0.717) is 18.4 Å². The lowest BCUT2D eigenvalue weighted by molar-refractivity contribution is 0.0691. The number of hydrogen-bond acceptors (Lipinski definition) is 5. The molecule has 0 spiro atoms. The Balaban J connectivity index is 2.74. The van der Waals surface area contributed by atoms with Gasteiger partial charge in [0, 0.05) is 0 Å². The highest BCUT2D eigenvalue weighted by Gasteiger charge is 2.28. The fraction of sp³-hybridized carbons (Fsp3) is 0.273. The summed E-state index contributed by atoms with van der Waals surface area (Å²) in [6.07, 6.45) is 0.703. The van der Waals surface area contributed by atoms with E-state index in [0.717, 1.165) is 0 Å². The first-order valence-corrected chi connectivity index (χ1v) is 7.00. The van der Waals surface area contributed by atoms with E-state index in [-0.39, 0.29) is 17.1 Å². The number of primary amides is 1. The van der Waals surface area contributed by atoms with Crippen molar-refractivity contribution in [1.82, 2.24) is 0 Å². The third-order valence-corrected chi connectivity index (χ3v) is 3.98. The molecule has 19 heavy (non-hydrogen) atoms. The summed E-state index contributed by atoms with van der Waals surface area (Å²) in [5, 5.41) is 9.00. The summed E-state index contributed by atoms with van der Waals surface area (Å²) in [5.74, 6) is -2.86. The van der Waals surface area contributed by atoms with E-state index in [4.69, 9.17) is 15.0 Å². The van der Waals surface area contributed by atoms with Gasteiger partial charge in [0.15, 0.2) is 5.75 Å².